The van der Waals surface area contributed by atoms with E-state index in [4.69, 9.17) is 14.2 Å². The summed E-state index contributed by atoms with van der Waals surface area (Å²) >= 11 is 0. The minimum absolute atomic E-state index is 0.0150. The van der Waals surface area contributed by atoms with Gasteiger partial charge in [0.05, 0.1) is 32.3 Å². The summed E-state index contributed by atoms with van der Waals surface area (Å²) in [6.45, 7) is 4.56. The van der Waals surface area contributed by atoms with Crippen LogP contribution in [0.4, 0.5) is 0 Å². The molecule has 1 heterocycles. The van der Waals surface area contributed by atoms with E-state index in [-0.39, 0.29) is 12.0 Å². The molecular formula is C12H24N2O4. The molecule has 6 heteroatoms. The molecule has 1 aliphatic heterocycles. The Balaban J connectivity index is 2.35. The van der Waals surface area contributed by atoms with Crippen molar-refractivity contribution in [1.29, 1.82) is 0 Å². The predicted octanol–water partition coefficient (Wildman–Crippen LogP) is -0.514. The van der Waals surface area contributed by atoms with Crippen molar-refractivity contribution >= 4 is 5.91 Å². The fraction of sp³-hybridized carbons (Fsp3) is 0.917. The first-order chi connectivity index (χ1) is 8.77. The first-order valence-electron chi connectivity index (χ1n) is 6.36. The van der Waals surface area contributed by atoms with Crippen molar-refractivity contribution in [1.82, 2.24) is 10.2 Å². The summed E-state index contributed by atoms with van der Waals surface area (Å²) < 4.78 is 15.6. The fourth-order valence-corrected chi connectivity index (χ4v) is 1.84. The van der Waals surface area contributed by atoms with Gasteiger partial charge in [0.25, 0.3) is 0 Å². The molecular weight excluding hydrogens is 236 g/mol. The molecule has 106 valence electrons. The van der Waals surface area contributed by atoms with Crippen molar-refractivity contribution < 1.29 is 19.0 Å². The number of ether oxygens (including phenoxy) is 3. The molecule has 1 unspecified atom stereocenters. The zero-order valence-electron chi connectivity index (χ0n) is 11.3. The van der Waals surface area contributed by atoms with Crippen molar-refractivity contribution in [3.63, 3.8) is 0 Å². The molecule has 1 saturated heterocycles. The summed E-state index contributed by atoms with van der Waals surface area (Å²) in [7, 11) is 3.26. The zero-order chi connectivity index (χ0) is 13.2. The number of hydrogen-bond donors (Lipinski definition) is 1. The average Bonchev–Trinajstić information content (AvgIpc) is 2.40. The second-order valence-corrected chi connectivity index (χ2v) is 4.27. The van der Waals surface area contributed by atoms with Gasteiger partial charge in [0.2, 0.25) is 5.91 Å². The number of methoxy groups -OCH3 is 2. The Labute approximate surface area is 109 Å². The van der Waals surface area contributed by atoms with E-state index in [1.165, 1.54) is 0 Å². The Morgan fingerprint density at radius 3 is 2.50 bits per heavy atom. The highest BCUT2D eigenvalue weighted by Crippen LogP contribution is 2.05. The smallest absolute Gasteiger partial charge is 0.225 e. The first-order valence-corrected chi connectivity index (χ1v) is 6.36. The summed E-state index contributed by atoms with van der Waals surface area (Å²) in [6.07, 6.45) is 0.402. The second-order valence-electron chi connectivity index (χ2n) is 4.27. The van der Waals surface area contributed by atoms with Crippen molar-refractivity contribution in [2.45, 2.75) is 12.5 Å². The normalized spacial score (nSPS) is 19.8. The zero-order valence-corrected chi connectivity index (χ0v) is 11.3. The maximum atomic E-state index is 12.1. The molecule has 1 atom stereocenters. The van der Waals surface area contributed by atoms with E-state index in [1.807, 2.05) is 0 Å². The molecule has 0 aromatic rings. The third kappa shape index (κ3) is 5.77. The number of morpholine rings is 1. The number of carbonyl (C=O) groups excluding carboxylic acids is 1. The third-order valence-corrected chi connectivity index (χ3v) is 2.89. The highest BCUT2D eigenvalue weighted by Gasteiger charge is 2.21. The topological polar surface area (TPSA) is 60.0 Å². The fourth-order valence-electron chi connectivity index (χ4n) is 1.84. The van der Waals surface area contributed by atoms with Crippen LogP contribution in [0.5, 0.6) is 0 Å². The number of rotatable bonds is 8. The van der Waals surface area contributed by atoms with Crippen LogP contribution in [0.25, 0.3) is 0 Å². The lowest BCUT2D eigenvalue weighted by molar-refractivity contribution is -0.136. The van der Waals surface area contributed by atoms with Crippen LogP contribution in [-0.2, 0) is 19.0 Å². The van der Waals surface area contributed by atoms with E-state index in [2.05, 4.69) is 5.32 Å². The van der Waals surface area contributed by atoms with Gasteiger partial charge in [-0.1, -0.05) is 0 Å². The number of nitrogens with zero attached hydrogens (tertiary/aromatic N) is 1. The standard InChI is InChI=1S/C12H24N2O4/c1-16-7-4-14(5-8-17-2)12(15)9-11-10-13-3-6-18-11/h11,13H,3-10H2,1-2H3. The van der Waals surface area contributed by atoms with E-state index >= 15 is 0 Å². The van der Waals surface area contributed by atoms with Gasteiger partial charge in [-0.3, -0.25) is 4.79 Å². The lowest BCUT2D eigenvalue weighted by Gasteiger charge is -2.27. The van der Waals surface area contributed by atoms with Gasteiger partial charge in [-0.25, -0.2) is 0 Å². The molecule has 0 aliphatic carbocycles. The average molecular weight is 260 g/mol. The minimum Gasteiger partial charge on any atom is -0.383 e. The van der Waals surface area contributed by atoms with Gasteiger partial charge >= 0.3 is 0 Å². The molecule has 6 nitrogen and oxygen atoms in total. The van der Waals surface area contributed by atoms with Crippen molar-refractivity contribution in [3.8, 4) is 0 Å². The highest BCUT2D eigenvalue weighted by molar-refractivity contribution is 5.76. The largest absolute Gasteiger partial charge is 0.383 e. The van der Waals surface area contributed by atoms with Crippen LogP contribution in [0.3, 0.4) is 0 Å². The molecule has 0 saturated carbocycles. The highest BCUT2D eigenvalue weighted by atomic mass is 16.5. The second kappa shape index (κ2) is 9.27. The van der Waals surface area contributed by atoms with E-state index in [1.54, 1.807) is 19.1 Å². The number of amides is 1. The van der Waals surface area contributed by atoms with Crippen LogP contribution in [0.2, 0.25) is 0 Å². The van der Waals surface area contributed by atoms with E-state index in [0.717, 1.165) is 13.1 Å². The molecule has 1 fully saturated rings. The van der Waals surface area contributed by atoms with E-state index in [9.17, 15) is 4.79 Å². The maximum absolute atomic E-state index is 12.1. The van der Waals surface area contributed by atoms with E-state index < -0.39 is 0 Å². The summed E-state index contributed by atoms with van der Waals surface area (Å²) in [4.78, 5) is 13.9. The summed E-state index contributed by atoms with van der Waals surface area (Å²) in [5.41, 5.74) is 0. The van der Waals surface area contributed by atoms with Crippen LogP contribution >= 0.6 is 0 Å². The number of hydrogen-bond acceptors (Lipinski definition) is 5. The molecule has 0 spiro atoms. The number of nitrogens with one attached hydrogen (secondary N) is 1. The molecule has 0 radical (unpaired) electrons. The van der Waals surface area contributed by atoms with Crippen LogP contribution in [0.15, 0.2) is 0 Å². The monoisotopic (exact) mass is 260 g/mol. The summed E-state index contributed by atoms with van der Waals surface area (Å²) in [5, 5.41) is 3.22. The third-order valence-electron chi connectivity index (χ3n) is 2.89. The SMILES string of the molecule is COCCN(CCOC)C(=O)CC1CNCCO1. The lowest BCUT2D eigenvalue weighted by atomic mass is 10.2. The Morgan fingerprint density at radius 2 is 2.00 bits per heavy atom. The van der Waals surface area contributed by atoms with Gasteiger partial charge in [-0.2, -0.15) is 0 Å². The van der Waals surface area contributed by atoms with Crippen LogP contribution < -0.4 is 5.32 Å². The maximum Gasteiger partial charge on any atom is 0.225 e. The van der Waals surface area contributed by atoms with Gasteiger partial charge in [-0.15, -0.1) is 0 Å². The van der Waals surface area contributed by atoms with Gasteiger partial charge < -0.3 is 24.4 Å². The van der Waals surface area contributed by atoms with Crippen molar-refractivity contribution in [3.05, 3.63) is 0 Å². The molecule has 0 aromatic carbocycles. The van der Waals surface area contributed by atoms with Gasteiger partial charge in [-0.05, 0) is 0 Å². The van der Waals surface area contributed by atoms with Gasteiger partial charge in [0, 0.05) is 40.4 Å². The Hall–Kier alpha value is -0.690. The van der Waals surface area contributed by atoms with Gasteiger partial charge in [0.15, 0.2) is 0 Å². The molecule has 0 aromatic heterocycles. The molecule has 1 aliphatic rings. The molecule has 1 N–H and O–H groups in total. The molecule has 1 amide bonds. The van der Waals surface area contributed by atoms with Crippen LogP contribution in [0.1, 0.15) is 6.42 Å². The minimum atomic E-state index is -0.0150. The Kier molecular flexibility index (Phi) is 7.91. The predicted molar refractivity (Wildman–Crippen MR) is 67.6 cm³/mol. The van der Waals surface area contributed by atoms with Crippen LogP contribution in [0, 0.1) is 0 Å². The number of carbonyl (C=O) groups is 1. The first kappa shape index (κ1) is 15.4. The Morgan fingerprint density at radius 1 is 1.33 bits per heavy atom. The van der Waals surface area contributed by atoms with Crippen LogP contribution in [-0.4, -0.2) is 77.1 Å². The lowest BCUT2D eigenvalue weighted by Crippen LogP contribution is -2.43. The van der Waals surface area contributed by atoms with Gasteiger partial charge in [0.1, 0.15) is 0 Å². The molecule has 0 bridgehead atoms. The van der Waals surface area contributed by atoms with E-state index in [0.29, 0.717) is 39.3 Å². The summed E-state index contributed by atoms with van der Waals surface area (Å²) in [6, 6.07) is 0. The van der Waals surface area contributed by atoms with Crippen molar-refractivity contribution in [2.24, 2.45) is 0 Å². The van der Waals surface area contributed by atoms with Crippen molar-refractivity contribution in [2.75, 3.05) is 60.2 Å². The molecule has 1 rings (SSSR count). The summed E-state index contributed by atoms with van der Waals surface area (Å²) in [5.74, 6) is 0.0952. The quantitative estimate of drug-likeness (QED) is 0.637. The molecule has 18 heavy (non-hydrogen) atoms. The Bertz CT molecular complexity index is 224.